The van der Waals surface area contributed by atoms with Crippen LogP contribution in [0.4, 0.5) is 4.39 Å². The Labute approximate surface area is 122 Å². The molecule has 1 aromatic heterocycles. The number of hydrogen-bond acceptors (Lipinski definition) is 4. The van der Waals surface area contributed by atoms with Crippen LogP contribution in [0.5, 0.6) is 0 Å². The summed E-state index contributed by atoms with van der Waals surface area (Å²) in [5.41, 5.74) is 1.27. The third-order valence-corrected chi connectivity index (χ3v) is 4.82. The van der Waals surface area contributed by atoms with Crippen molar-refractivity contribution in [1.29, 1.82) is 0 Å². The minimum Gasteiger partial charge on any atom is -0.339 e. The van der Waals surface area contributed by atoms with Gasteiger partial charge in [-0.05, 0) is 55.5 Å². The Kier molecular flexibility index (Phi) is 3.03. The molecule has 1 atom stereocenters. The van der Waals surface area contributed by atoms with Gasteiger partial charge in [-0.1, -0.05) is 17.3 Å². The highest BCUT2D eigenvalue weighted by Gasteiger charge is 2.57. The van der Waals surface area contributed by atoms with Gasteiger partial charge in [-0.15, -0.1) is 0 Å². The summed E-state index contributed by atoms with van der Waals surface area (Å²) >= 11 is 0. The van der Waals surface area contributed by atoms with E-state index >= 15 is 0 Å². The van der Waals surface area contributed by atoms with Gasteiger partial charge in [0.1, 0.15) is 5.82 Å². The van der Waals surface area contributed by atoms with Crippen LogP contribution in [-0.2, 0) is 6.42 Å². The summed E-state index contributed by atoms with van der Waals surface area (Å²) in [6.45, 7) is 2.17. The Balaban J connectivity index is 1.47. The monoisotopic (exact) mass is 287 g/mol. The zero-order chi connectivity index (χ0) is 14.3. The predicted octanol–water partition coefficient (Wildman–Crippen LogP) is 2.66. The minimum absolute atomic E-state index is 0.230. The average molecular weight is 287 g/mol. The van der Waals surface area contributed by atoms with Crippen LogP contribution >= 0.6 is 0 Å². The Hall–Kier alpha value is -1.75. The fourth-order valence-corrected chi connectivity index (χ4v) is 3.48. The molecule has 5 heteroatoms. The molecule has 1 aromatic carbocycles. The van der Waals surface area contributed by atoms with Crippen molar-refractivity contribution in [3.8, 4) is 0 Å². The van der Waals surface area contributed by atoms with Crippen LogP contribution in [0.25, 0.3) is 0 Å². The highest BCUT2D eigenvalue weighted by molar-refractivity contribution is 5.21. The lowest BCUT2D eigenvalue weighted by Crippen LogP contribution is -2.29. The summed E-state index contributed by atoms with van der Waals surface area (Å²) in [4.78, 5) is 4.53. The number of piperidine rings is 1. The second kappa shape index (κ2) is 4.91. The molecular weight excluding hydrogens is 269 g/mol. The molecule has 1 saturated carbocycles. The number of nitrogens with zero attached hydrogens (tertiary/aromatic N) is 2. The van der Waals surface area contributed by atoms with Crippen LogP contribution in [0.15, 0.2) is 28.8 Å². The number of benzene rings is 1. The fourth-order valence-electron chi connectivity index (χ4n) is 3.48. The van der Waals surface area contributed by atoms with Crippen LogP contribution < -0.4 is 5.32 Å². The van der Waals surface area contributed by atoms with Crippen molar-refractivity contribution in [2.24, 2.45) is 5.41 Å². The Morgan fingerprint density at radius 1 is 1.33 bits per heavy atom. The standard InChI is InChI=1S/C16H18FN3O/c17-12-3-1-2-11(8-12)9-14-19-15(21-20-14)13-10-16(13)4-6-18-7-5-16/h1-3,8,13,18H,4-7,9-10H2. The van der Waals surface area contributed by atoms with Crippen LogP contribution in [0.2, 0.25) is 0 Å². The summed E-state index contributed by atoms with van der Waals surface area (Å²) in [6, 6.07) is 6.54. The third kappa shape index (κ3) is 2.46. The van der Waals surface area contributed by atoms with E-state index < -0.39 is 0 Å². The van der Waals surface area contributed by atoms with E-state index in [0.717, 1.165) is 31.0 Å². The maximum absolute atomic E-state index is 13.2. The van der Waals surface area contributed by atoms with Crippen molar-refractivity contribution in [2.45, 2.75) is 31.6 Å². The smallest absolute Gasteiger partial charge is 0.230 e. The molecule has 2 aliphatic rings. The summed E-state index contributed by atoms with van der Waals surface area (Å²) in [6.07, 6.45) is 4.07. The van der Waals surface area contributed by atoms with E-state index in [2.05, 4.69) is 15.5 Å². The maximum atomic E-state index is 13.2. The number of rotatable bonds is 3. The van der Waals surface area contributed by atoms with Crippen molar-refractivity contribution in [1.82, 2.24) is 15.5 Å². The van der Waals surface area contributed by atoms with Gasteiger partial charge in [0.05, 0.1) is 0 Å². The van der Waals surface area contributed by atoms with E-state index in [0.29, 0.717) is 23.6 Å². The van der Waals surface area contributed by atoms with Crippen LogP contribution in [0, 0.1) is 11.2 Å². The molecule has 1 saturated heterocycles. The van der Waals surface area contributed by atoms with Gasteiger partial charge < -0.3 is 9.84 Å². The minimum atomic E-state index is -0.230. The number of nitrogens with one attached hydrogen (secondary N) is 1. The first-order chi connectivity index (χ1) is 10.3. The van der Waals surface area contributed by atoms with Gasteiger partial charge in [0.2, 0.25) is 5.89 Å². The summed E-state index contributed by atoms with van der Waals surface area (Å²) in [5.74, 6) is 1.61. The molecule has 1 spiro atoms. The molecule has 2 aromatic rings. The Morgan fingerprint density at radius 3 is 3.00 bits per heavy atom. The fraction of sp³-hybridized carbons (Fsp3) is 0.500. The van der Waals surface area contributed by atoms with E-state index in [1.54, 1.807) is 6.07 Å². The van der Waals surface area contributed by atoms with Crippen molar-refractivity contribution in [3.63, 3.8) is 0 Å². The molecular formula is C16H18FN3O. The Morgan fingerprint density at radius 2 is 2.19 bits per heavy atom. The predicted molar refractivity (Wildman–Crippen MR) is 75.4 cm³/mol. The number of aromatic nitrogens is 2. The zero-order valence-corrected chi connectivity index (χ0v) is 11.8. The topological polar surface area (TPSA) is 51.0 Å². The molecule has 0 bridgehead atoms. The van der Waals surface area contributed by atoms with Crippen molar-refractivity contribution < 1.29 is 8.91 Å². The number of halogens is 1. The van der Waals surface area contributed by atoms with Crippen molar-refractivity contribution in [2.75, 3.05) is 13.1 Å². The van der Waals surface area contributed by atoms with Gasteiger partial charge in [0.25, 0.3) is 0 Å². The molecule has 0 radical (unpaired) electrons. The van der Waals surface area contributed by atoms with Gasteiger partial charge in [-0.25, -0.2) is 4.39 Å². The van der Waals surface area contributed by atoms with Crippen LogP contribution in [0.3, 0.4) is 0 Å². The molecule has 1 aliphatic heterocycles. The molecule has 1 N–H and O–H groups in total. The van der Waals surface area contributed by atoms with Gasteiger partial charge in [-0.3, -0.25) is 0 Å². The Bertz CT molecular complexity index is 648. The normalized spacial score (nSPS) is 23.4. The van der Waals surface area contributed by atoms with Crippen LogP contribution in [0.1, 0.15) is 42.5 Å². The summed E-state index contributed by atoms with van der Waals surface area (Å²) in [7, 11) is 0. The first-order valence-electron chi connectivity index (χ1n) is 7.53. The highest BCUT2D eigenvalue weighted by atomic mass is 19.1. The van der Waals surface area contributed by atoms with E-state index in [-0.39, 0.29) is 5.82 Å². The largest absolute Gasteiger partial charge is 0.339 e. The van der Waals surface area contributed by atoms with E-state index in [1.165, 1.54) is 25.0 Å². The maximum Gasteiger partial charge on any atom is 0.230 e. The molecule has 4 rings (SSSR count). The lowest BCUT2D eigenvalue weighted by molar-refractivity contribution is 0.310. The molecule has 21 heavy (non-hydrogen) atoms. The zero-order valence-electron chi connectivity index (χ0n) is 11.8. The molecule has 2 heterocycles. The molecule has 0 amide bonds. The van der Waals surface area contributed by atoms with E-state index in [4.69, 9.17) is 4.52 Å². The van der Waals surface area contributed by atoms with Crippen LogP contribution in [-0.4, -0.2) is 23.2 Å². The quantitative estimate of drug-likeness (QED) is 0.943. The highest BCUT2D eigenvalue weighted by Crippen LogP contribution is 2.63. The summed E-state index contributed by atoms with van der Waals surface area (Å²) < 4.78 is 18.6. The van der Waals surface area contributed by atoms with Gasteiger partial charge in [-0.2, -0.15) is 4.98 Å². The van der Waals surface area contributed by atoms with E-state index in [9.17, 15) is 4.39 Å². The lowest BCUT2D eigenvalue weighted by atomic mass is 9.92. The van der Waals surface area contributed by atoms with Crippen molar-refractivity contribution >= 4 is 0 Å². The second-order valence-corrected chi connectivity index (χ2v) is 6.22. The second-order valence-electron chi connectivity index (χ2n) is 6.22. The average Bonchev–Trinajstić information content (AvgIpc) is 2.96. The molecule has 4 nitrogen and oxygen atoms in total. The third-order valence-electron chi connectivity index (χ3n) is 4.82. The van der Waals surface area contributed by atoms with Gasteiger partial charge in [0.15, 0.2) is 5.82 Å². The van der Waals surface area contributed by atoms with Gasteiger partial charge >= 0.3 is 0 Å². The molecule has 1 aliphatic carbocycles. The molecule has 2 fully saturated rings. The first-order valence-corrected chi connectivity index (χ1v) is 7.53. The first kappa shape index (κ1) is 13.0. The molecule has 1 unspecified atom stereocenters. The summed E-state index contributed by atoms with van der Waals surface area (Å²) in [5, 5.41) is 7.45. The van der Waals surface area contributed by atoms with E-state index in [1.807, 2.05) is 6.07 Å². The van der Waals surface area contributed by atoms with Crippen molar-refractivity contribution in [3.05, 3.63) is 47.4 Å². The number of hydrogen-bond donors (Lipinski definition) is 1. The molecule has 110 valence electrons. The van der Waals surface area contributed by atoms with Gasteiger partial charge in [0, 0.05) is 12.3 Å². The SMILES string of the molecule is Fc1cccc(Cc2noc(C3CC34CCNCC4)n2)c1. The lowest BCUT2D eigenvalue weighted by Gasteiger charge is -2.22.